The molecule has 1 heterocycles. The van der Waals surface area contributed by atoms with Crippen molar-refractivity contribution < 1.29 is 28.5 Å². The maximum Gasteiger partial charge on any atom is 0.307 e. The average molecular weight is 443 g/mol. The Morgan fingerprint density at radius 3 is 2.34 bits per heavy atom. The number of rotatable bonds is 9. The Balaban J connectivity index is 1.82. The Labute approximate surface area is 188 Å². The van der Waals surface area contributed by atoms with Crippen LogP contribution in [-0.2, 0) is 20.7 Å². The van der Waals surface area contributed by atoms with Crippen molar-refractivity contribution in [2.45, 2.75) is 25.8 Å². The van der Waals surface area contributed by atoms with Crippen LogP contribution < -0.4 is 19.5 Å². The summed E-state index contributed by atoms with van der Waals surface area (Å²) in [6, 6.07) is 10.7. The van der Waals surface area contributed by atoms with E-state index in [0.29, 0.717) is 30.3 Å². The molecule has 32 heavy (non-hydrogen) atoms. The highest BCUT2D eigenvalue weighted by molar-refractivity contribution is 5.92. The van der Waals surface area contributed by atoms with Crippen molar-refractivity contribution in [3.63, 3.8) is 0 Å². The van der Waals surface area contributed by atoms with Gasteiger partial charge in [-0.15, -0.1) is 0 Å². The number of ether oxygens (including phenoxy) is 4. The third-order valence-corrected chi connectivity index (χ3v) is 5.50. The van der Waals surface area contributed by atoms with Gasteiger partial charge in [-0.2, -0.15) is 0 Å². The molecule has 1 aliphatic rings. The molecule has 0 spiro atoms. The zero-order valence-corrected chi connectivity index (χ0v) is 19.0. The van der Waals surface area contributed by atoms with Crippen LogP contribution in [0, 0.1) is 0 Å². The first-order valence-electron chi connectivity index (χ1n) is 10.6. The lowest BCUT2D eigenvalue weighted by atomic mass is 9.90. The number of fused-ring (bicyclic) bond motifs is 1. The molecular formula is C24H30N2O6. The number of nitrogens with one attached hydrogen (secondary N) is 1. The van der Waals surface area contributed by atoms with Gasteiger partial charge in [-0.3, -0.25) is 14.5 Å². The van der Waals surface area contributed by atoms with E-state index in [9.17, 15) is 9.59 Å². The molecule has 0 aliphatic carbocycles. The molecule has 0 fully saturated rings. The molecule has 1 N–H and O–H groups in total. The highest BCUT2D eigenvalue weighted by Crippen LogP contribution is 2.39. The van der Waals surface area contributed by atoms with Gasteiger partial charge >= 0.3 is 5.97 Å². The molecule has 1 atom stereocenters. The number of hydrogen-bond acceptors (Lipinski definition) is 7. The summed E-state index contributed by atoms with van der Waals surface area (Å²) < 4.78 is 21.2. The van der Waals surface area contributed by atoms with Crippen molar-refractivity contribution in [2.24, 2.45) is 0 Å². The van der Waals surface area contributed by atoms with Crippen LogP contribution in [0.1, 0.15) is 30.5 Å². The summed E-state index contributed by atoms with van der Waals surface area (Å²) in [6.45, 7) is 2.86. The molecule has 8 nitrogen and oxygen atoms in total. The third-order valence-electron chi connectivity index (χ3n) is 5.50. The molecule has 2 aromatic carbocycles. The van der Waals surface area contributed by atoms with Crippen LogP contribution >= 0.6 is 0 Å². The lowest BCUT2D eigenvalue weighted by Gasteiger charge is -2.37. The maximum absolute atomic E-state index is 12.8. The number of esters is 1. The standard InChI is InChI=1S/C24H30N2O6/c1-5-32-24(28)14-20-19-13-22(31-4)21(30-3)12-16(19)10-11-26(20)15-23(27)25-17-6-8-18(29-2)9-7-17/h6-9,12-13,20H,5,10-11,14-15H2,1-4H3,(H,25,27)/t20-/m0/s1. The van der Waals surface area contributed by atoms with Crippen LogP contribution in [0.2, 0.25) is 0 Å². The Hall–Kier alpha value is -3.26. The molecule has 1 amide bonds. The molecule has 1 aliphatic heterocycles. The van der Waals surface area contributed by atoms with Gasteiger partial charge in [0.25, 0.3) is 0 Å². The van der Waals surface area contributed by atoms with Crippen molar-refractivity contribution in [1.29, 1.82) is 0 Å². The van der Waals surface area contributed by atoms with E-state index in [1.807, 2.05) is 17.0 Å². The lowest BCUT2D eigenvalue weighted by Crippen LogP contribution is -2.41. The number of carbonyl (C=O) groups is 2. The predicted octanol–water partition coefficient (Wildman–Crippen LogP) is 3.20. The van der Waals surface area contributed by atoms with Crippen LogP contribution in [0.15, 0.2) is 36.4 Å². The molecular weight excluding hydrogens is 412 g/mol. The predicted molar refractivity (Wildman–Crippen MR) is 120 cm³/mol. The van der Waals surface area contributed by atoms with E-state index in [2.05, 4.69) is 5.32 Å². The molecule has 8 heteroatoms. The van der Waals surface area contributed by atoms with Gasteiger partial charge in [0.2, 0.25) is 5.91 Å². The number of hydrogen-bond donors (Lipinski definition) is 1. The molecule has 3 rings (SSSR count). The zero-order chi connectivity index (χ0) is 23.1. The first-order chi connectivity index (χ1) is 15.5. The summed E-state index contributed by atoms with van der Waals surface area (Å²) in [5.41, 5.74) is 2.70. The molecule has 0 bridgehead atoms. The Morgan fingerprint density at radius 1 is 1.03 bits per heavy atom. The van der Waals surface area contributed by atoms with Gasteiger partial charge in [-0.05, 0) is 60.9 Å². The van der Waals surface area contributed by atoms with E-state index in [0.717, 1.165) is 23.3 Å². The fraction of sp³-hybridized carbons (Fsp3) is 0.417. The van der Waals surface area contributed by atoms with Crippen molar-refractivity contribution >= 4 is 17.6 Å². The van der Waals surface area contributed by atoms with Gasteiger partial charge in [0, 0.05) is 18.3 Å². The Kier molecular flexibility index (Phi) is 7.94. The SMILES string of the molecule is CCOC(=O)C[C@H]1c2cc(OC)c(OC)cc2CCN1CC(=O)Nc1ccc(OC)cc1. The summed E-state index contributed by atoms with van der Waals surface area (Å²) >= 11 is 0. The second-order valence-electron chi connectivity index (χ2n) is 7.43. The summed E-state index contributed by atoms with van der Waals surface area (Å²) in [4.78, 5) is 27.2. The Bertz CT molecular complexity index is 944. The minimum atomic E-state index is -0.306. The fourth-order valence-corrected chi connectivity index (χ4v) is 3.95. The van der Waals surface area contributed by atoms with E-state index in [1.54, 1.807) is 52.5 Å². The van der Waals surface area contributed by atoms with Crippen LogP contribution in [-0.4, -0.2) is 57.8 Å². The van der Waals surface area contributed by atoms with Crippen molar-refractivity contribution in [1.82, 2.24) is 4.90 Å². The molecule has 2 aromatic rings. The van der Waals surface area contributed by atoms with Crippen molar-refractivity contribution in [2.75, 3.05) is 46.3 Å². The minimum absolute atomic E-state index is 0.143. The number of amides is 1. The number of carbonyl (C=O) groups excluding carboxylic acids is 2. The van der Waals surface area contributed by atoms with Gasteiger partial charge in [-0.1, -0.05) is 0 Å². The van der Waals surface area contributed by atoms with E-state index in [-0.39, 0.29) is 30.9 Å². The number of methoxy groups -OCH3 is 3. The highest BCUT2D eigenvalue weighted by Gasteiger charge is 2.32. The quantitative estimate of drug-likeness (QED) is 0.597. The molecule has 0 radical (unpaired) electrons. The Morgan fingerprint density at radius 2 is 1.72 bits per heavy atom. The first-order valence-corrected chi connectivity index (χ1v) is 10.6. The highest BCUT2D eigenvalue weighted by atomic mass is 16.5. The number of benzene rings is 2. The van der Waals surface area contributed by atoms with E-state index < -0.39 is 0 Å². The second kappa shape index (κ2) is 10.9. The number of anilines is 1. The van der Waals surface area contributed by atoms with Crippen LogP contribution in [0.4, 0.5) is 5.69 Å². The molecule has 0 unspecified atom stereocenters. The van der Waals surface area contributed by atoms with Gasteiger partial charge in [0.05, 0.1) is 40.9 Å². The monoisotopic (exact) mass is 442 g/mol. The molecule has 0 aromatic heterocycles. The van der Waals surface area contributed by atoms with Crippen molar-refractivity contribution in [3.8, 4) is 17.2 Å². The molecule has 0 saturated heterocycles. The van der Waals surface area contributed by atoms with E-state index in [1.165, 1.54) is 0 Å². The van der Waals surface area contributed by atoms with Crippen molar-refractivity contribution in [3.05, 3.63) is 47.5 Å². The van der Waals surface area contributed by atoms with Crippen LogP contribution in [0.3, 0.4) is 0 Å². The summed E-state index contributed by atoms with van der Waals surface area (Å²) in [7, 11) is 4.77. The largest absolute Gasteiger partial charge is 0.497 e. The van der Waals surface area contributed by atoms with Gasteiger partial charge in [0.15, 0.2) is 11.5 Å². The maximum atomic E-state index is 12.8. The average Bonchev–Trinajstić information content (AvgIpc) is 2.80. The number of nitrogens with zero attached hydrogens (tertiary/aromatic N) is 1. The normalized spacial score (nSPS) is 15.4. The summed E-state index contributed by atoms with van der Waals surface area (Å²) in [6.07, 6.45) is 0.872. The summed E-state index contributed by atoms with van der Waals surface area (Å²) in [5.74, 6) is 1.49. The summed E-state index contributed by atoms with van der Waals surface area (Å²) in [5, 5.41) is 2.91. The fourth-order valence-electron chi connectivity index (χ4n) is 3.95. The van der Waals surface area contributed by atoms with E-state index >= 15 is 0 Å². The topological polar surface area (TPSA) is 86.3 Å². The first kappa shape index (κ1) is 23.4. The second-order valence-corrected chi connectivity index (χ2v) is 7.43. The van der Waals surface area contributed by atoms with E-state index in [4.69, 9.17) is 18.9 Å². The lowest BCUT2D eigenvalue weighted by molar-refractivity contribution is -0.145. The molecule has 0 saturated carbocycles. The zero-order valence-electron chi connectivity index (χ0n) is 19.0. The van der Waals surface area contributed by atoms with Crippen LogP contribution in [0.5, 0.6) is 17.2 Å². The van der Waals surface area contributed by atoms with Crippen LogP contribution in [0.25, 0.3) is 0 Å². The third kappa shape index (κ3) is 5.50. The minimum Gasteiger partial charge on any atom is -0.497 e. The van der Waals surface area contributed by atoms with Gasteiger partial charge in [0.1, 0.15) is 5.75 Å². The van der Waals surface area contributed by atoms with Gasteiger partial charge < -0.3 is 24.3 Å². The van der Waals surface area contributed by atoms with Gasteiger partial charge in [-0.25, -0.2) is 0 Å². The molecule has 172 valence electrons. The smallest absolute Gasteiger partial charge is 0.307 e.